The molecule has 0 radical (unpaired) electrons. The molecule has 0 heterocycles. The largest absolute Gasteiger partial charge is 0.497 e. The number of likely N-dealkylation sites (N-methyl/N-ethyl adjacent to an activating group) is 1. The summed E-state index contributed by atoms with van der Waals surface area (Å²) in [6.07, 6.45) is -0.414. The summed E-state index contributed by atoms with van der Waals surface area (Å²) < 4.78 is 15.5. The molecule has 1 rings (SSSR count). The molecular formula is C13H20N2O4. The minimum absolute atomic E-state index is 0.140. The Kier molecular flexibility index (Phi) is 5.95. The molecule has 0 aliphatic rings. The van der Waals surface area contributed by atoms with Crippen molar-refractivity contribution in [3.8, 4) is 11.5 Å². The standard InChI is InChI=1S/C13H20N2O4/c1-15(7-6-14)13(16)19-9-10-4-5-11(17-2)8-12(10)18-3/h4-5,8H,6-7,9,14H2,1-3H3. The average molecular weight is 268 g/mol. The van der Waals surface area contributed by atoms with Crippen LogP contribution in [-0.4, -0.2) is 45.3 Å². The fourth-order valence-electron chi connectivity index (χ4n) is 1.51. The quantitative estimate of drug-likeness (QED) is 0.840. The van der Waals surface area contributed by atoms with E-state index >= 15 is 0 Å². The highest BCUT2D eigenvalue weighted by atomic mass is 16.6. The van der Waals surface area contributed by atoms with E-state index in [0.29, 0.717) is 24.6 Å². The Hall–Kier alpha value is -1.95. The van der Waals surface area contributed by atoms with Gasteiger partial charge in [0.25, 0.3) is 0 Å². The number of carbonyl (C=O) groups is 1. The second-order valence-corrected chi connectivity index (χ2v) is 3.94. The van der Waals surface area contributed by atoms with Gasteiger partial charge < -0.3 is 24.8 Å². The van der Waals surface area contributed by atoms with Gasteiger partial charge in [0, 0.05) is 31.8 Å². The third-order valence-electron chi connectivity index (χ3n) is 2.62. The molecule has 0 bridgehead atoms. The highest BCUT2D eigenvalue weighted by Crippen LogP contribution is 2.25. The maximum absolute atomic E-state index is 11.6. The Morgan fingerprint density at radius 2 is 2.05 bits per heavy atom. The van der Waals surface area contributed by atoms with Crippen molar-refractivity contribution in [1.29, 1.82) is 0 Å². The molecule has 2 N–H and O–H groups in total. The Morgan fingerprint density at radius 3 is 2.63 bits per heavy atom. The number of methoxy groups -OCH3 is 2. The van der Waals surface area contributed by atoms with Crippen molar-refractivity contribution in [2.45, 2.75) is 6.61 Å². The minimum Gasteiger partial charge on any atom is -0.497 e. The summed E-state index contributed by atoms with van der Waals surface area (Å²) in [5.41, 5.74) is 6.14. The molecule has 0 spiro atoms. The summed E-state index contributed by atoms with van der Waals surface area (Å²) >= 11 is 0. The van der Waals surface area contributed by atoms with E-state index in [1.807, 2.05) is 0 Å². The minimum atomic E-state index is -0.414. The fraction of sp³-hybridized carbons (Fsp3) is 0.462. The molecule has 0 aromatic heterocycles. The van der Waals surface area contributed by atoms with Gasteiger partial charge in [-0.25, -0.2) is 4.79 Å². The van der Waals surface area contributed by atoms with Crippen molar-refractivity contribution in [2.75, 3.05) is 34.4 Å². The van der Waals surface area contributed by atoms with Crippen LogP contribution >= 0.6 is 0 Å². The van der Waals surface area contributed by atoms with Crippen LogP contribution in [0.3, 0.4) is 0 Å². The monoisotopic (exact) mass is 268 g/mol. The Bertz CT molecular complexity index is 423. The molecule has 0 saturated heterocycles. The van der Waals surface area contributed by atoms with Crippen molar-refractivity contribution in [1.82, 2.24) is 4.90 Å². The molecular weight excluding hydrogens is 248 g/mol. The SMILES string of the molecule is COc1ccc(COC(=O)N(C)CCN)c(OC)c1. The van der Waals surface area contributed by atoms with Gasteiger partial charge in [-0.1, -0.05) is 0 Å². The fourth-order valence-corrected chi connectivity index (χ4v) is 1.51. The van der Waals surface area contributed by atoms with Gasteiger partial charge in [0.05, 0.1) is 14.2 Å². The van der Waals surface area contributed by atoms with E-state index in [2.05, 4.69) is 0 Å². The van der Waals surface area contributed by atoms with Gasteiger partial charge in [-0.3, -0.25) is 0 Å². The molecule has 1 aromatic rings. The van der Waals surface area contributed by atoms with E-state index in [4.69, 9.17) is 19.9 Å². The number of amides is 1. The molecule has 19 heavy (non-hydrogen) atoms. The molecule has 0 saturated carbocycles. The van der Waals surface area contributed by atoms with Crippen LogP contribution in [0.2, 0.25) is 0 Å². The molecule has 0 aliphatic carbocycles. The van der Waals surface area contributed by atoms with Gasteiger partial charge in [0.15, 0.2) is 0 Å². The molecule has 1 amide bonds. The first-order valence-electron chi connectivity index (χ1n) is 5.91. The first kappa shape index (κ1) is 15.1. The zero-order valence-electron chi connectivity index (χ0n) is 11.5. The summed E-state index contributed by atoms with van der Waals surface area (Å²) in [6, 6.07) is 5.33. The van der Waals surface area contributed by atoms with E-state index < -0.39 is 6.09 Å². The van der Waals surface area contributed by atoms with Crippen LogP contribution in [0.5, 0.6) is 11.5 Å². The Labute approximate surface area is 113 Å². The van der Waals surface area contributed by atoms with Gasteiger partial charge in [-0.15, -0.1) is 0 Å². The highest BCUT2D eigenvalue weighted by Gasteiger charge is 2.11. The van der Waals surface area contributed by atoms with Crippen molar-refractivity contribution in [3.63, 3.8) is 0 Å². The molecule has 0 unspecified atom stereocenters. The van der Waals surface area contributed by atoms with Crippen LogP contribution in [0.1, 0.15) is 5.56 Å². The lowest BCUT2D eigenvalue weighted by molar-refractivity contribution is 0.105. The topological polar surface area (TPSA) is 74.0 Å². The second-order valence-electron chi connectivity index (χ2n) is 3.94. The van der Waals surface area contributed by atoms with Crippen LogP contribution < -0.4 is 15.2 Å². The summed E-state index contributed by atoms with van der Waals surface area (Å²) in [6.45, 7) is 0.997. The van der Waals surface area contributed by atoms with Crippen LogP contribution in [0.25, 0.3) is 0 Å². The van der Waals surface area contributed by atoms with Gasteiger partial charge in [-0.2, -0.15) is 0 Å². The molecule has 0 fully saturated rings. The molecule has 6 nitrogen and oxygen atoms in total. The highest BCUT2D eigenvalue weighted by molar-refractivity contribution is 5.67. The second kappa shape index (κ2) is 7.48. The van der Waals surface area contributed by atoms with Crippen LogP contribution in [0.15, 0.2) is 18.2 Å². The third-order valence-corrected chi connectivity index (χ3v) is 2.62. The maximum atomic E-state index is 11.6. The molecule has 6 heteroatoms. The summed E-state index contributed by atoms with van der Waals surface area (Å²) in [7, 11) is 4.78. The predicted octanol–water partition coefficient (Wildman–Crippen LogP) is 1.23. The maximum Gasteiger partial charge on any atom is 0.409 e. The van der Waals surface area contributed by atoms with Gasteiger partial charge >= 0.3 is 6.09 Å². The Morgan fingerprint density at radius 1 is 1.32 bits per heavy atom. The van der Waals surface area contributed by atoms with E-state index in [-0.39, 0.29) is 6.61 Å². The van der Waals surface area contributed by atoms with E-state index in [9.17, 15) is 4.79 Å². The van der Waals surface area contributed by atoms with Crippen LogP contribution in [0.4, 0.5) is 4.79 Å². The number of benzene rings is 1. The molecule has 1 aromatic carbocycles. The van der Waals surface area contributed by atoms with E-state index in [1.165, 1.54) is 4.90 Å². The van der Waals surface area contributed by atoms with E-state index in [1.54, 1.807) is 39.5 Å². The zero-order valence-corrected chi connectivity index (χ0v) is 11.5. The summed E-state index contributed by atoms with van der Waals surface area (Å²) in [4.78, 5) is 13.0. The van der Waals surface area contributed by atoms with Crippen molar-refractivity contribution < 1.29 is 19.0 Å². The van der Waals surface area contributed by atoms with Crippen molar-refractivity contribution in [3.05, 3.63) is 23.8 Å². The first-order chi connectivity index (χ1) is 9.12. The van der Waals surface area contributed by atoms with Crippen LogP contribution in [0, 0.1) is 0 Å². The van der Waals surface area contributed by atoms with Crippen molar-refractivity contribution >= 4 is 6.09 Å². The number of carbonyl (C=O) groups excluding carboxylic acids is 1. The average Bonchev–Trinajstić information content (AvgIpc) is 2.44. The number of hydrogen-bond acceptors (Lipinski definition) is 5. The molecule has 0 aliphatic heterocycles. The van der Waals surface area contributed by atoms with Gasteiger partial charge in [-0.05, 0) is 12.1 Å². The Balaban J connectivity index is 2.64. The number of nitrogens with two attached hydrogens (primary N) is 1. The summed E-state index contributed by atoms with van der Waals surface area (Å²) in [5, 5.41) is 0. The first-order valence-corrected chi connectivity index (χ1v) is 5.91. The third kappa shape index (κ3) is 4.33. The number of rotatable bonds is 6. The lowest BCUT2D eigenvalue weighted by Crippen LogP contribution is -2.32. The van der Waals surface area contributed by atoms with E-state index in [0.717, 1.165) is 5.56 Å². The van der Waals surface area contributed by atoms with Gasteiger partial charge in [0.2, 0.25) is 0 Å². The summed E-state index contributed by atoms with van der Waals surface area (Å²) in [5.74, 6) is 1.31. The smallest absolute Gasteiger partial charge is 0.409 e. The molecule has 0 atom stereocenters. The zero-order chi connectivity index (χ0) is 14.3. The van der Waals surface area contributed by atoms with Crippen molar-refractivity contribution in [2.24, 2.45) is 5.73 Å². The van der Waals surface area contributed by atoms with Gasteiger partial charge in [0.1, 0.15) is 18.1 Å². The number of ether oxygens (including phenoxy) is 3. The number of nitrogens with zero attached hydrogens (tertiary/aromatic N) is 1. The number of hydrogen-bond donors (Lipinski definition) is 1. The lowest BCUT2D eigenvalue weighted by atomic mass is 10.2. The lowest BCUT2D eigenvalue weighted by Gasteiger charge is -2.16. The van der Waals surface area contributed by atoms with Crippen LogP contribution in [-0.2, 0) is 11.3 Å². The predicted molar refractivity (Wildman–Crippen MR) is 71.4 cm³/mol. The molecule has 106 valence electrons. The normalized spacial score (nSPS) is 9.89.